The minimum absolute atomic E-state index is 0.0209. The van der Waals surface area contributed by atoms with E-state index in [1.165, 1.54) is 24.3 Å². The molecular formula is C16H9FO4. The number of halogens is 1. The van der Waals surface area contributed by atoms with Crippen LogP contribution in [0.2, 0.25) is 0 Å². The van der Waals surface area contributed by atoms with Gasteiger partial charge in [-0.25, -0.2) is 14.0 Å². The number of benzene rings is 2. The van der Waals surface area contributed by atoms with Gasteiger partial charge in [-0.3, -0.25) is 0 Å². The molecule has 21 heavy (non-hydrogen) atoms. The number of rotatable bonds is 2. The average molecular weight is 284 g/mol. The largest absolute Gasteiger partial charge is 0.423 e. The van der Waals surface area contributed by atoms with Gasteiger partial charge in [0, 0.05) is 11.5 Å². The highest BCUT2D eigenvalue weighted by molar-refractivity contribution is 5.94. The molecule has 0 unspecified atom stereocenters. The highest BCUT2D eigenvalue weighted by Gasteiger charge is 2.16. The highest BCUT2D eigenvalue weighted by Crippen LogP contribution is 2.16. The Hall–Kier alpha value is -2.95. The van der Waals surface area contributed by atoms with Gasteiger partial charge in [0.1, 0.15) is 22.7 Å². The number of ether oxygens (including phenoxy) is 1. The lowest BCUT2D eigenvalue weighted by molar-refractivity contribution is 0.0730. The zero-order valence-electron chi connectivity index (χ0n) is 10.7. The molecule has 0 spiro atoms. The number of fused-ring (bicyclic) bond motifs is 1. The van der Waals surface area contributed by atoms with Crippen molar-refractivity contribution in [3.05, 3.63) is 76.4 Å². The molecule has 4 nitrogen and oxygen atoms in total. The standard InChI is InChI=1S/C16H9FO4/c17-11-5-3-6-12(9-11)20-15(18)13-8-10-4-1-2-7-14(10)21-16(13)19/h1-9H. The van der Waals surface area contributed by atoms with Crippen molar-refractivity contribution >= 4 is 16.9 Å². The molecule has 1 heterocycles. The fraction of sp³-hybridized carbons (Fsp3) is 0. The van der Waals surface area contributed by atoms with E-state index in [1.807, 2.05) is 0 Å². The van der Waals surface area contributed by atoms with E-state index in [0.29, 0.717) is 11.0 Å². The van der Waals surface area contributed by atoms with Crippen LogP contribution >= 0.6 is 0 Å². The molecule has 0 atom stereocenters. The van der Waals surface area contributed by atoms with Crippen molar-refractivity contribution in [1.82, 2.24) is 0 Å². The van der Waals surface area contributed by atoms with Gasteiger partial charge in [0.2, 0.25) is 0 Å². The number of carbonyl (C=O) groups excluding carboxylic acids is 1. The number of carbonyl (C=O) groups is 1. The summed E-state index contributed by atoms with van der Waals surface area (Å²) in [6.07, 6.45) is 0. The fourth-order valence-electron chi connectivity index (χ4n) is 1.90. The third-order valence-electron chi connectivity index (χ3n) is 2.87. The Morgan fingerprint density at radius 2 is 1.86 bits per heavy atom. The van der Waals surface area contributed by atoms with Crippen LogP contribution in [0.5, 0.6) is 5.75 Å². The molecule has 2 aromatic carbocycles. The van der Waals surface area contributed by atoms with Crippen LogP contribution in [0.15, 0.2) is 63.8 Å². The van der Waals surface area contributed by atoms with Crippen molar-refractivity contribution in [2.75, 3.05) is 0 Å². The summed E-state index contributed by atoms with van der Waals surface area (Å²) in [7, 11) is 0. The van der Waals surface area contributed by atoms with Crippen molar-refractivity contribution in [3.63, 3.8) is 0 Å². The third kappa shape index (κ3) is 2.67. The fourth-order valence-corrected chi connectivity index (χ4v) is 1.90. The van der Waals surface area contributed by atoms with Gasteiger partial charge in [-0.1, -0.05) is 24.3 Å². The summed E-state index contributed by atoms with van der Waals surface area (Å²) in [6.45, 7) is 0. The number of hydrogen-bond acceptors (Lipinski definition) is 4. The van der Waals surface area contributed by atoms with E-state index in [1.54, 1.807) is 24.3 Å². The summed E-state index contributed by atoms with van der Waals surface area (Å²) >= 11 is 0. The second kappa shape index (κ2) is 5.20. The minimum atomic E-state index is -0.889. The molecule has 0 N–H and O–H groups in total. The quantitative estimate of drug-likeness (QED) is 0.412. The number of para-hydroxylation sites is 1. The van der Waals surface area contributed by atoms with Crippen LogP contribution in [-0.4, -0.2) is 5.97 Å². The lowest BCUT2D eigenvalue weighted by Crippen LogP contribution is -2.18. The van der Waals surface area contributed by atoms with Gasteiger partial charge >= 0.3 is 11.6 Å². The predicted octanol–water partition coefficient (Wildman–Crippen LogP) is 3.15. The summed E-state index contributed by atoms with van der Waals surface area (Å²) < 4.78 is 23.1. The molecule has 0 amide bonds. The molecule has 0 saturated heterocycles. The molecule has 5 heteroatoms. The van der Waals surface area contributed by atoms with E-state index >= 15 is 0 Å². The van der Waals surface area contributed by atoms with Crippen molar-refractivity contribution < 1.29 is 18.3 Å². The van der Waals surface area contributed by atoms with Gasteiger partial charge in [0.05, 0.1) is 0 Å². The van der Waals surface area contributed by atoms with Crippen LogP contribution < -0.4 is 10.4 Å². The molecule has 0 aliphatic rings. The van der Waals surface area contributed by atoms with E-state index < -0.39 is 17.4 Å². The molecule has 3 aromatic rings. The minimum Gasteiger partial charge on any atom is -0.423 e. The Morgan fingerprint density at radius 3 is 2.67 bits per heavy atom. The van der Waals surface area contributed by atoms with E-state index in [0.717, 1.165) is 6.07 Å². The molecule has 1 aromatic heterocycles. The van der Waals surface area contributed by atoms with Crippen LogP contribution in [0.4, 0.5) is 4.39 Å². The topological polar surface area (TPSA) is 56.5 Å². The Bertz CT molecular complexity index is 883. The molecule has 0 radical (unpaired) electrons. The second-order valence-electron chi connectivity index (χ2n) is 4.33. The highest BCUT2D eigenvalue weighted by atomic mass is 19.1. The summed E-state index contributed by atoms with van der Waals surface area (Å²) in [5.41, 5.74) is -0.655. The lowest BCUT2D eigenvalue weighted by Gasteiger charge is -2.04. The van der Waals surface area contributed by atoms with Gasteiger partial charge in [0.25, 0.3) is 0 Å². The number of esters is 1. The SMILES string of the molecule is O=C(Oc1cccc(F)c1)c1cc2ccccc2oc1=O. The summed E-state index contributed by atoms with van der Waals surface area (Å²) in [5, 5.41) is 0.600. The first kappa shape index (κ1) is 13.1. The van der Waals surface area contributed by atoms with E-state index in [9.17, 15) is 14.0 Å². The summed E-state index contributed by atoms with van der Waals surface area (Å²) in [5.74, 6) is -1.40. The molecule has 0 fully saturated rings. The Morgan fingerprint density at radius 1 is 1.05 bits per heavy atom. The van der Waals surface area contributed by atoms with Crippen molar-refractivity contribution in [2.24, 2.45) is 0 Å². The van der Waals surface area contributed by atoms with Crippen LogP contribution in [0, 0.1) is 5.82 Å². The lowest BCUT2D eigenvalue weighted by atomic mass is 10.2. The Balaban J connectivity index is 1.98. The molecule has 0 bridgehead atoms. The smallest absolute Gasteiger partial charge is 0.351 e. The maximum atomic E-state index is 13.0. The van der Waals surface area contributed by atoms with Gasteiger partial charge in [-0.05, 0) is 24.3 Å². The van der Waals surface area contributed by atoms with Crippen LogP contribution in [0.1, 0.15) is 10.4 Å². The summed E-state index contributed by atoms with van der Waals surface area (Å²) in [4.78, 5) is 23.8. The van der Waals surface area contributed by atoms with E-state index in [4.69, 9.17) is 9.15 Å². The molecule has 0 aliphatic heterocycles. The van der Waals surface area contributed by atoms with Crippen molar-refractivity contribution in [2.45, 2.75) is 0 Å². The predicted molar refractivity (Wildman–Crippen MR) is 73.8 cm³/mol. The molecule has 104 valence electrons. The maximum absolute atomic E-state index is 13.0. The number of hydrogen-bond donors (Lipinski definition) is 0. The molecule has 3 rings (SSSR count). The Kier molecular flexibility index (Phi) is 3.23. The zero-order valence-corrected chi connectivity index (χ0v) is 10.7. The van der Waals surface area contributed by atoms with Gasteiger partial charge in [0.15, 0.2) is 0 Å². The van der Waals surface area contributed by atoms with Crippen molar-refractivity contribution in [1.29, 1.82) is 0 Å². The first-order valence-electron chi connectivity index (χ1n) is 6.14. The van der Waals surface area contributed by atoms with Crippen molar-refractivity contribution in [3.8, 4) is 5.75 Å². The molecular weight excluding hydrogens is 275 g/mol. The van der Waals surface area contributed by atoms with Gasteiger partial charge in [-0.15, -0.1) is 0 Å². The first-order valence-corrected chi connectivity index (χ1v) is 6.14. The van der Waals surface area contributed by atoms with Crippen LogP contribution in [0.25, 0.3) is 11.0 Å². The molecule has 0 aliphatic carbocycles. The zero-order chi connectivity index (χ0) is 14.8. The van der Waals surface area contributed by atoms with E-state index in [-0.39, 0.29) is 11.3 Å². The maximum Gasteiger partial charge on any atom is 0.351 e. The molecule has 0 saturated carbocycles. The second-order valence-corrected chi connectivity index (χ2v) is 4.33. The van der Waals surface area contributed by atoms with Crippen LogP contribution in [0.3, 0.4) is 0 Å². The third-order valence-corrected chi connectivity index (χ3v) is 2.87. The average Bonchev–Trinajstić information content (AvgIpc) is 2.46. The van der Waals surface area contributed by atoms with Gasteiger partial charge < -0.3 is 9.15 Å². The Labute approximate surface area is 118 Å². The summed E-state index contributed by atoms with van der Waals surface area (Å²) in [6, 6.07) is 13.3. The van der Waals surface area contributed by atoms with E-state index in [2.05, 4.69) is 0 Å². The normalized spacial score (nSPS) is 10.5. The van der Waals surface area contributed by atoms with Crippen LogP contribution in [-0.2, 0) is 0 Å². The monoisotopic (exact) mass is 284 g/mol. The first-order chi connectivity index (χ1) is 10.1. The van der Waals surface area contributed by atoms with Gasteiger partial charge in [-0.2, -0.15) is 0 Å².